The second-order valence-corrected chi connectivity index (χ2v) is 6.00. The van der Waals surface area contributed by atoms with Crippen LogP contribution in [0.1, 0.15) is 25.8 Å². The van der Waals surface area contributed by atoms with Gasteiger partial charge in [-0.1, -0.05) is 35.8 Å². The average Bonchev–Trinajstić information content (AvgIpc) is 2.44. The lowest BCUT2D eigenvalue weighted by atomic mass is 9.92. The molecule has 1 aromatic rings. The SMILES string of the molecule is CC1(C)CC(=O)N(Cc2ccc(Br)cc2F)C1=O. The van der Waals surface area contributed by atoms with Crippen LogP contribution in [-0.4, -0.2) is 16.7 Å². The number of imide groups is 1. The van der Waals surface area contributed by atoms with Crippen LogP contribution in [-0.2, 0) is 16.1 Å². The predicted molar refractivity (Wildman–Crippen MR) is 68.1 cm³/mol. The van der Waals surface area contributed by atoms with Crippen molar-refractivity contribution in [2.75, 3.05) is 0 Å². The van der Waals surface area contributed by atoms with E-state index in [0.29, 0.717) is 10.0 Å². The lowest BCUT2D eigenvalue weighted by Gasteiger charge is -2.18. The third-order valence-corrected chi connectivity index (χ3v) is 3.56. The molecule has 1 heterocycles. The molecule has 96 valence electrons. The Kier molecular flexibility index (Phi) is 3.27. The zero-order valence-corrected chi connectivity index (χ0v) is 11.8. The second-order valence-electron chi connectivity index (χ2n) is 5.08. The fourth-order valence-electron chi connectivity index (χ4n) is 2.01. The maximum atomic E-state index is 13.7. The van der Waals surface area contributed by atoms with Crippen LogP contribution in [0.4, 0.5) is 4.39 Å². The summed E-state index contributed by atoms with van der Waals surface area (Å²) in [5.41, 5.74) is -0.333. The standard InChI is InChI=1S/C13H13BrFNO2/c1-13(2)6-11(17)16(12(13)18)7-8-3-4-9(14)5-10(8)15/h3-5H,6-7H2,1-2H3. The van der Waals surface area contributed by atoms with Gasteiger partial charge in [0.1, 0.15) is 5.82 Å². The van der Waals surface area contributed by atoms with E-state index < -0.39 is 11.2 Å². The van der Waals surface area contributed by atoms with Crippen molar-refractivity contribution in [2.24, 2.45) is 5.41 Å². The Labute approximate surface area is 113 Å². The van der Waals surface area contributed by atoms with Crippen LogP contribution in [0.25, 0.3) is 0 Å². The highest BCUT2D eigenvalue weighted by molar-refractivity contribution is 9.10. The van der Waals surface area contributed by atoms with E-state index in [9.17, 15) is 14.0 Å². The fourth-order valence-corrected chi connectivity index (χ4v) is 2.34. The van der Waals surface area contributed by atoms with Gasteiger partial charge in [-0.25, -0.2) is 4.39 Å². The van der Waals surface area contributed by atoms with Gasteiger partial charge in [-0.3, -0.25) is 14.5 Å². The summed E-state index contributed by atoms with van der Waals surface area (Å²) in [6.45, 7) is 3.45. The Morgan fingerprint density at radius 1 is 1.39 bits per heavy atom. The highest BCUT2D eigenvalue weighted by atomic mass is 79.9. The minimum Gasteiger partial charge on any atom is -0.278 e. The molecule has 0 saturated carbocycles. The van der Waals surface area contributed by atoms with Crippen LogP contribution in [0, 0.1) is 11.2 Å². The topological polar surface area (TPSA) is 37.4 Å². The van der Waals surface area contributed by atoms with Gasteiger partial charge in [-0.15, -0.1) is 0 Å². The molecule has 0 N–H and O–H groups in total. The Hall–Kier alpha value is -1.23. The summed E-state index contributed by atoms with van der Waals surface area (Å²) >= 11 is 3.16. The molecular formula is C13H13BrFNO2. The van der Waals surface area contributed by atoms with Gasteiger partial charge in [0.25, 0.3) is 0 Å². The van der Waals surface area contributed by atoms with Crippen molar-refractivity contribution in [3.8, 4) is 0 Å². The molecule has 0 radical (unpaired) electrons. The smallest absolute Gasteiger partial charge is 0.235 e. The molecule has 18 heavy (non-hydrogen) atoms. The van der Waals surface area contributed by atoms with Crippen LogP contribution >= 0.6 is 15.9 Å². The molecule has 1 fully saturated rings. The van der Waals surface area contributed by atoms with Gasteiger partial charge in [0.05, 0.1) is 12.0 Å². The molecule has 0 bridgehead atoms. The van der Waals surface area contributed by atoms with Crippen LogP contribution < -0.4 is 0 Å². The third-order valence-electron chi connectivity index (χ3n) is 3.06. The first-order chi connectivity index (χ1) is 8.31. The molecule has 1 aromatic carbocycles. The Morgan fingerprint density at radius 2 is 2.06 bits per heavy atom. The molecule has 3 nitrogen and oxygen atoms in total. The van der Waals surface area contributed by atoms with Crippen molar-refractivity contribution < 1.29 is 14.0 Å². The molecule has 1 aliphatic heterocycles. The van der Waals surface area contributed by atoms with E-state index in [-0.39, 0.29) is 24.8 Å². The monoisotopic (exact) mass is 313 g/mol. The first-order valence-corrected chi connectivity index (χ1v) is 6.39. The summed E-state index contributed by atoms with van der Waals surface area (Å²) in [6, 6.07) is 4.59. The summed E-state index contributed by atoms with van der Waals surface area (Å²) in [5.74, 6) is -0.906. The van der Waals surface area contributed by atoms with E-state index in [2.05, 4.69) is 15.9 Å². The molecule has 2 amide bonds. The first-order valence-electron chi connectivity index (χ1n) is 5.60. The molecule has 0 atom stereocenters. The van der Waals surface area contributed by atoms with Crippen LogP contribution in [0.5, 0.6) is 0 Å². The molecule has 0 unspecified atom stereocenters. The van der Waals surface area contributed by atoms with E-state index >= 15 is 0 Å². The summed E-state index contributed by atoms with van der Waals surface area (Å²) < 4.78 is 14.3. The summed E-state index contributed by atoms with van der Waals surface area (Å²) in [6.07, 6.45) is 0.185. The lowest BCUT2D eigenvalue weighted by molar-refractivity contribution is -0.141. The molecule has 2 rings (SSSR count). The predicted octanol–water partition coefficient (Wildman–Crippen LogP) is 2.87. The minimum atomic E-state index is -0.678. The summed E-state index contributed by atoms with van der Waals surface area (Å²) in [7, 11) is 0. The van der Waals surface area contributed by atoms with Gasteiger partial charge in [0, 0.05) is 16.5 Å². The van der Waals surface area contributed by atoms with Crippen LogP contribution in [0.15, 0.2) is 22.7 Å². The number of amides is 2. The van der Waals surface area contributed by atoms with Gasteiger partial charge in [-0.2, -0.15) is 0 Å². The third kappa shape index (κ3) is 2.32. The van der Waals surface area contributed by atoms with E-state index in [1.807, 2.05) is 0 Å². The van der Waals surface area contributed by atoms with Crippen molar-refractivity contribution in [2.45, 2.75) is 26.8 Å². The lowest BCUT2D eigenvalue weighted by Crippen LogP contribution is -2.32. The quantitative estimate of drug-likeness (QED) is 0.787. The summed E-state index contributed by atoms with van der Waals surface area (Å²) in [5, 5.41) is 0. The highest BCUT2D eigenvalue weighted by Crippen LogP contribution is 2.33. The summed E-state index contributed by atoms with van der Waals surface area (Å²) in [4.78, 5) is 24.9. The zero-order valence-electron chi connectivity index (χ0n) is 10.2. The van der Waals surface area contributed by atoms with Crippen molar-refractivity contribution in [1.82, 2.24) is 4.90 Å². The number of benzene rings is 1. The minimum absolute atomic E-state index is 0.000208. The number of hydrogen-bond donors (Lipinski definition) is 0. The number of rotatable bonds is 2. The van der Waals surface area contributed by atoms with Gasteiger partial charge < -0.3 is 0 Å². The van der Waals surface area contributed by atoms with E-state index in [1.165, 1.54) is 6.07 Å². The van der Waals surface area contributed by atoms with Crippen LogP contribution in [0.3, 0.4) is 0 Å². The van der Waals surface area contributed by atoms with Gasteiger partial charge >= 0.3 is 0 Å². The van der Waals surface area contributed by atoms with Gasteiger partial charge in [0.2, 0.25) is 11.8 Å². The Morgan fingerprint density at radius 3 is 2.56 bits per heavy atom. The molecule has 1 saturated heterocycles. The maximum Gasteiger partial charge on any atom is 0.235 e. The number of likely N-dealkylation sites (tertiary alicyclic amines) is 1. The zero-order chi connectivity index (χ0) is 13.5. The fraction of sp³-hybridized carbons (Fsp3) is 0.385. The first kappa shape index (κ1) is 13.2. The van der Waals surface area contributed by atoms with Gasteiger partial charge in [-0.05, 0) is 12.1 Å². The van der Waals surface area contributed by atoms with Gasteiger partial charge in [0.15, 0.2) is 0 Å². The van der Waals surface area contributed by atoms with Crippen molar-refractivity contribution in [3.63, 3.8) is 0 Å². The number of hydrogen-bond acceptors (Lipinski definition) is 2. The Bertz CT molecular complexity index is 528. The van der Waals surface area contributed by atoms with Crippen molar-refractivity contribution >= 4 is 27.7 Å². The van der Waals surface area contributed by atoms with E-state index in [1.54, 1.807) is 26.0 Å². The molecule has 5 heteroatoms. The number of carbonyl (C=O) groups is 2. The van der Waals surface area contributed by atoms with Crippen LogP contribution in [0.2, 0.25) is 0 Å². The highest BCUT2D eigenvalue weighted by Gasteiger charge is 2.44. The molecule has 0 aromatic heterocycles. The second kappa shape index (κ2) is 4.46. The number of halogens is 2. The molecule has 0 spiro atoms. The van der Waals surface area contributed by atoms with E-state index in [0.717, 1.165) is 4.90 Å². The number of nitrogens with zero attached hydrogens (tertiary/aromatic N) is 1. The molecule has 0 aliphatic carbocycles. The van der Waals surface area contributed by atoms with E-state index in [4.69, 9.17) is 0 Å². The molecular weight excluding hydrogens is 301 g/mol. The number of carbonyl (C=O) groups excluding carboxylic acids is 2. The van der Waals surface area contributed by atoms with Crippen molar-refractivity contribution in [1.29, 1.82) is 0 Å². The maximum absolute atomic E-state index is 13.7. The largest absolute Gasteiger partial charge is 0.278 e. The molecule has 1 aliphatic rings. The van der Waals surface area contributed by atoms with Crippen molar-refractivity contribution in [3.05, 3.63) is 34.1 Å². The normalized spacial score (nSPS) is 18.6. The Balaban J connectivity index is 2.24. The average molecular weight is 314 g/mol.